The Labute approximate surface area is 349 Å². The van der Waals surface area contributed by atoms with Crippen LogP contribution in [0.3, 0.4) is 0 Å². The number of hydrogen-bond donors (Lipinski definition) is 0. The summed E-state index contributed by atoms with van der Waals surface area (Å²) in [5, 5.41) is 2.22. The first-order chi connectivity index (χ1) is 29.3. The van der Waals surface area contributed by atoms with Crippen LogP contribution < -0.4 is 0 Å². The molecular weight excluding hydrogens is 736 g/mol. The minimum Gasteiger partial charge on any atom is -0.308 e. The van der Waals surface area contributed by atoms with Gasteiger partial charge in [0, 0.05) is 33.0 Å². The Morgan fingerprint density at radius 3 is 1.33 bits per heavy atom. The van der Waals surface area contributed by atoms with Crippen LogP contribution in [0.15, 0.2) is 176 Å². The summed E-state index contributed by atoms with van der Waals surface area (Å²) in [4.78, 5) is 15.4. The lowest BCUT2D eigenvalue weighted by atomic mass is 9.96. The van der Waals surface area contributed by atoms with Gasteiger partial charge in [-0.15, -0.1) is 0 Å². The van der Waals surface area contributed by atoms with E-state index in [1.165, 1.54) is 39.4 Å². The monoisotopic (exact) mass is 776 g/mol. The van der Waals surface area contributed by atoms with Crippen molar-refractivity contribution >= 4 is 21.8 Å². The van der Waals surface area contributed by atoms with Crippen LogP contribution >= 0.6 is 0 Å². The molecule has 0 saturated heterocycles. The summed E-state index contributed by atoms with van der Waals surface area (Å²) in [6, 6.07) is 59.8. The smallest absolute Gasteiger partial charge is 0.166 e. The third kappa shape index (κ3) is 6.64. The van der Waals surface area contributed by atoms with Crippen LogP contribution in [-0.2, 0) is 0 Å². The minimum atomic E-state index is -0.287. The Kier molecular flexibility index (Phi) is 9.22. The molecule has 0 amide bonds. The van der Waals surface area contributed by atoms with Gasteiger partial charge in [-0.1, -0.05) is 157 Å². The molecule has 10 aromatic rings. The minimum absolute atomic E-state index is 0.287. The Morgan fingerprint density at radius 1 is 0.367 bits per heavy atom. The lowest BCUT2D eigenvalue weighted by Crippen LogP contribution is -2.04. The Morgan fingerprint density at radius 2 is 0.817 bits per heavy atom. The quantitative estimate of drug-likeness (QED) is 0.162. The SMILES string of the molecule is Cc1ccc(-c2ccc3c4ccc(-c5ccc(C)cc5C)cc4n(-c4cc(-c5ccccc5F)ccc4-c4nc(-c5ccccc5)nc(-c5ccccc5)n4)c3c2)c(C)c1. The van der Waals surface area contributed by atoms with Crippen LogP contribution in [0.5, 0.6) is 0 Å². The van der Waals surface area contributed by atoms with Crippen molar-refractivity contribution in [1.29, 1.82) is 0 Å². The number of fused-ring (bicyclic) bond motifs is 3. The largest absolute Gasteiger partial charge is 0.308 e. The fraction of sp³-hybridized carbons (Fsp3) is 0.0727. The van der Waals surface area contributed by atoms with Gasteiger partial charge in [-0.05, 0) is 97.0 Å². The van der Waals surface area contributed by atoms with Crippen molar-refractivity contribution in [3.8, 4) is 73.2 Å². The van der Waals surface area contributed by atoms with E-state index in [0.29, 0.717) is 23.0 Å². The third-order valence-electron chi connectivity index (χ3n) is 11.5. The lowest BCUT2D eigenvalue weighted by molar-refractivity contribution is 0.631. The van der Waals surface area contributed by atoms with Gasteiger partial charge in [0.25, 0.3) is 0 Å². The predicted octanol–water partition coefficient (Wildman–Crippen LogP) is 14.3. The average Bonchev–Trinajstić information content (AvgIpc) is 3.59. The first kappa shape index (κ1) is 36.8. The van der Waals surface area contributed by atoms with E-state index < -0.39 is 0 Å². The maximum atomic E-state index is 15.7. The van der Waals surface area contributed by atoms with Crippen molar-refractivity contribution in [2.24, 2.45) is 0 Å². The lowest BCUT2D eigenvalue weighted by Gasteiger charge is -2.17. The van der Waals surface area contributed by atoms with Crippen LogP contribution in [0.1, 0.15) is 22.3 Å². The second kappa shape index (κ2) is 15.0. The van der Waals surface area contributed by atoms with E-state index in [9.17, 15) is 0 Å². The van der Waals surface area contributed by atoms with Crippen molar-refractivity contribution in [1.82, 2.24) is 19.5 Å². The molecule has 0 spiro atoms. The molecule has 0 unspecified atom stereocenters. The van der Waals surface area contributed by atoms with Crippen molar-refractivity contribution < 1.29 is 4.39 Å². The molecule has 0 fully saturated rings. The van der Waals surface area contributed by atoms with Crippen molar-refractivity contribution in [3.05, 3.63) is 204 Å². The summed E-state index contributed by atoms with van der Waals surface area (Å²) >= 11 is 0. The van der Waals surface area contributed by atoms with Gasteiger partial charge in [0.15, 0.2) is 17.5 Å². The summed E-state index contributed by atoms with van der Waals surface area (Å²) in [6.07, 6.45) is 0. The maximum absolute atomic E-state index is 15.7. The fourth-order valence-corrected chi connectivity index (χ4v) is 8.59. The Bertz CT molecular complexity index is 3090. The number of benzene rings is 8. The van der Waals surface area contributed by atoms with E-state index in [-0.39, 0.29) is 5.82 Å². The molecule has 2 heterocycles. The molecule has 0 bridgehead atoms. The molecule has 0 aliphatic carbocycles. The van der Waals surface area contributed by atoms with Gasteiger partial charge in [0.1, 0.15) is 5.82 Å². The van der Waals surface area contributed by atoms with Gasteiger partial charge in [-0.3, -0.25) is 0 Å². The Balaban J connectivity index is 1.32. The molecule has 0 saturated carbocycles. The number of rotatable bonds is 7. The number of halogens is 1. The van der Waals surface area contributed by atoms with Gasteiger partial charge in [0.2, 0.25) is 0 Å². The van der Waals surface area contributed by atoms with Crippen LogP contribution in [0, 0.1) is 33.5 Å². The van der Waals surface area contributed by atoms with Crippen LogP contribution in [0.25, 0.3) is 95.0 Å². The van der Waals surface area contributed by atoms with Gasteiger partial charge < -0.3 is 4.57 Å². The van der Waals surface area contributed by atoms with Gasteiger partial charge in [-0.25, -0.2) is 19.3 Å². The van der Waals surface area contributed by atoms with Crippen molar-refractivity contribution in [2.45, 2.75) is 27.7 Å². The number of hydrogen-bond acceptors (Lipinski definition) is 3. The summed E-state index contributed by atoms with van der Waals surface area (Å²) in [6.45, 7) is 8.60. The third-order valence-corrected chi connectivity index (χ3v) is 11.5. The van der Waals surface area contributed by atoms with Crippen molar-refractivity contribution in [2.75, 3.05) is 0 Å². The number of aryl methyl sites for hydroxylation is 4. The van der Waals surface area contributed by atoms with E-state index in [4.69, 9.17) is 15.0 Å². The highest BCUT2D eigenvalue weighted by atomic mass is 19.1. The van der Waals surface area contributed by atoms with Gasteiger partial charge >= 0.3 is 0 Å². The van der Waals surface area contributed by atoms with E-state index in [0.717, 1.165) is 60.9 Å². The molecule has 2 aromatic heterocycles. The molecule has 0 aliphatic heterocycles. The molecule has 0 radical (unpaired) electrons. The second-order valence-electron chi connectivity index (χ2n) is 15.7. The molecule has 4 nitrogen and oxygen atoms in total. The molecule has 288 valence electrons. The van der Waals surface area contributed by atoms with Gasteiger partial charge in [0.05, 0.1) is 16.7 Å². The Hall–Kier alpha value is -7.50. The van der Waals surface area contributed by atoms with Gasteiger partial charge in [-0.2, -0.15) is 0 Å². The molecule has 0 aliphatic rings. The van der Waals surface area contributed by atoms with Crippen LogP contribution in [0.2, 0.25) is 0 Å². The summed E-state index contributed by atoms with van der Waals surface area (Å²) in [7, 11) is 0. The topological polar surface area (TPSA) is 43.6 Å². The standard InChI is InChI=1S/C55H41FN4/c1-34-19-24-43(36(3)29-34)40-21-26-46-47-27-22-41(44-25-20-35(2)30-37(44)4)32-51(47)60(50(46)31-40)52-33-42(45-17-11-12-18-49(45)56)23-28-48(52)55-58-53(38-13-7-5-8-14-38)57-54(59-55)39-15-9-6-10-16-39/h5-33H,1-4H3. The summed E-state index contributed by atoms with van der Waals surface area (Å²) in [5.74, 6) is 1.37. The van der Waals surface area contributed by atoms with Crippen molar-refractivity contribution in [3.63, 3.8) is 0 Å². The zero-order valence-electron chi connectivity index (χ0n) is 33.9. The predicted molar refractivity (Wildman–Crippen MR) is 246 cm³/mol. The first-order valence-electron chi connectivity index (χ1n) is 20.3. The van der Waals surface area contributed by atoms with Crippen LogP contribution in [-0.4, -0.2) is 19.5 Å². The van der Waals surface area contributed by atoms with Crippen LogP contribution in [0.4, 0.5) is 4.39 Å². The molecular formula is C55H41FN4. The molecule has 0 atom stereocenters. The molecule has 10 rings (SSSR count). The maximum Gasteiger partial charge on any atom is 0.166 e. The zero-order valence-corrected chi connectivity index (χ0v) is 33.9. The number of nitrogens with zero attached hydrogens (tertiary/aromatic N) is 4. The normalized spacial score (nSPS) is 11.4. The fourth-order valence-electron chi connectivity index (χ4n) is 8.59. The van der Waals surface area contributed by atoms with E-state index in [1.807, 2.05) is 84.9 Å². The second-order valence-corrected chi connectivity index (χ2v) is 15.7. The molecule has 8 aromatic carbocycles. The first-order valence-corrected chi connectivity index (χ1v) is 20.3. The zero-order chi connectivity index (χ0) is 40.9. The highest BCUT2D eigenvalue weighted by molar-refractivity contribution is 6.12. The highest BCUT2D eigenvalue weighted by Gasteiger charge is 2.22. The molecule has 60 heavy (non-hydrogen) atoms. The van der Waals surface area contributed by atoms with E-state index in [2.05, 4.69) is 111 Å². The summed E-state index contributed by atoms with van der Waals surface area (Å²) in [5.41, 5.74) is 16.1. The molecule has 0 N–H and O–H groups in total. The summed E-state index contributed by atoms with van der Waals surface area (Å²) < 4.78 is 18.1. The highest BCUT2D eigenvalue weighted by Crippen LogP contribution is 2.42. The number of aromatic nitrogens is 4. The van der Waals surface area contributed by atoms with E-state index in [1.54, 1.807) is 6.07 Å². The average molecular weight is 777 g/mol. The molecule has 5 heteroatoms. The van der Waals surface area contributed by atoms with E-state index >= 15 is 4.39 Å².